The van der Waals surface area contributed by atoms with E-state index in [2.05, 4.69) is 4.98 Å². The predicted octanol–water partition coefficient (Wildman–Crippen LogP) is 6.72. The summed E-state index contributed by atoms with van der Waals surface area (Å²) in [7, 11) is 0. The maximum absolute atomic E-state index is 13.5. The molecule has 0 aliphatic heterocycles. The first kappa shape index (κ1) is 20.2. The second kappa shape index (κ2) is 8.21. The molecule has 0 radical (unpaired) electrons. The minimum absolute atomic E-state index is 0.0185. The molecule has 0 unspecified atom stereocenters. The number of hydrogen-bond donors (Lipinski definition) is 0. The molecule has 142 valence electrons. The molecule has 0 amide bonds. The van der Waals surface area contributed by atoms with Crippen LogP contribution in [0.15, 0.2) is 59.6 Å². The molecule has 28 heavy (non-hydrogen) atoms. The van der Waals surface area contributed by atoms with Crippen molar-refractivity contribution in [1.82, 2.24) is 4.98 Å². The number of rotatable bonds is 4. The number of hydrogen-bond acceptors (Lipinski definition) is 3. The maximum atomic E-state index is 13.5. The summed E-state index contributed by atoms with van der Waals surface area (Å²) >= 11 is 6.86. The maximum Gasteiger partial charge on any atom is 0.417 e. The van der Waals surface area contributed by atoms with Gasteiger partial charge in [0.2, 0.25) is 0 Å². The monoisotopic (exact) mass is 422 g/mol. The lowest BCUT2D eigenvalue weighted by atomic mass is 10.1. The number of pyridine rings is 1. The Morgan fingerprint density at radius 1 is 1.04 bits per heavy atom. The number of alkyl halides is 3. The van der Waals surface area contributed by atoms with Crippen LogP contribution in [0.5, 0.6) is 0 Å². The van der Waals surface area contributed by atoms with Gasteiger partial charge in [-0.2, -0.15) is 18.4 Å². The standard InChI is InChI=1S/C20H11ClF4N2S/c21-14-5-1-12(2-6-14)11-28-19-16(10-26)17(20(23,24)25)9-18(27-19)13-3-7-15(22)8-4-13/h1-9H,11H2. The SMILES string of the molecule is N#Cc1c(C(F)(F)F)cc(-c2ccc(F)cc2)nc1SCc1ccc(Cl)cc1. The van der Waals surface area contributed by atoms with Gasteiger partial charge in [0, 0.05) is 16.3 Å². The third-order valence-corrected chi connectivity index (χ3v) is 5.13. The first-order valence-corrected chi connectivity index (χ1v) is 9.30. The topological polar surface area (TPSA) is 36.7 Å². The molecule has 2 aromatic carbocycles. The van der Waals surface area contributed by atoms with Gasteiger partial charge in [0.1, 0.15) is 16.9 Å². The number of nitrogens with zero attached hydrogens (tertiary/aromatic N) is 2. The number of nitriles is 1. The van der Waals surface area contributed by atoms with Crippen LogP contribution in [0.25, 0.3) is 11.3 Å². The molecule has 1 heterocycles. The van der Waals surface area contributed by atoms with Gasteiger partial charge in [-0.15, -0.1) is 11.8 Å². The molecular weight excluding hydrogens is 412 g/mol. The molecule has 0 N–H and O–H groups in total. The van der Waals surface area contributed by atoms with E-state index in [0.717, 1.165) is 35.5 Å². The Kier molecular flexibility index (Phi) is 5.92. The summed E-state index contributed by atoms with van der Waals surface area (Å²) in [5, 5.41) is 9.83. The van der Waals surface area contributed by atoms with E-state index in [1.807, 2.05) is 0 Å². The summed E-state index contributed by atoms with van der Waals surface area (Å²) in [6.07, 6.45) is -4.72. The Hall–Kier alpha value is -2.56. The fraction of sp³-hybridized carbons (Fsp3) is 0.100. The van der Waals surface area contributed by atoms with Crippen molar-refractivity contribution in [2.24, 2.45) is 0 Å². The average molecular weight is 423 g/mol. The van der Waals surface area contributed by atoms with Crippen molar-refractivity contribution in [1.29, 1.82) is 5.26 Å². The van der Waals surface area contributed by atoms with Gasteiger partial charge in [0.25, 0.3) is 0 Å². The van der Waals surface area contributed by atoms with Crippen LogP contribution in [0.3, 0.4) is 0 Å². The van der Waals surface area contributed by atoms with E-state index >= 15 is 0 Å². The van der Waals surface area contributed by atoms with E-state index < -0.39 is 23.1 Å². The van der Waals surface area contributed by atoms with E-state index in [0.29, 0.717) is 16.3 Å². The van der Waals surface area contributed by atoms with Gasteiger partial charge in [-0.1, -0.05) is 23.7 Å². The van der Waals surface area contributed by atoms with Gasteiger partial charge >= 0.3 is 6.18 Å². The number of halogens is 5. The second-order valence-corrected chi connectivity index (χ2v) is 7.17. The van der Waals surface area contributed by atoms with Gasteiger partial charge < -0.3 is 0 Å². The van der Waals surface area contributed by atoms with Crippen molar-refractivity contribution in [3.63, 3.8) is 0 Å². The predicted molar refractivity (Wildman–Crippen MR) is 100 cm³/mol. The Balaban J connectivity index is 2.05. The molecule has 0 saturated heterocycles. The van der Waals surface area contributed by atoms with Crippen molar-refractivity contribution in [2.75, 3.05) is 0 Å². The van der Waals surface area contributed by atoms with E-state index in [9.17, 15) is 22.8 Å². The van der Waals surface area contributed by atoms with Crippen LogP contribution in [-0.4, -0.2) is 4.98 Å². The first-order valence-electron chi connectivity index (χ1n) is 7.93. The van der Waals surface area contributed by atoms with Crippen LogP contribution in [-0.2, 0) is 11.9 Å². The van der Waals surface area contributed by atoms with Crippen molar-refractivity contribution in [3.8, 4) is 17.3 Å². The van der Waals surface area contributed by atoms with Crippen molar-refractivity contribution < 1.29 is 17.6 Å². The molecule has 0 spiro atoms. The lowest BCUT2D eigenvalue weighted by Crippen LogP contribution is -2.10. The quantitative estimate of drug-likeness (QED) is 0.345. The number of benzene rings is 2. The molecular formula is C20H11ClF4N2S. The number of thioether (sulfide) groups is 1. The molecule has 3 rings (SSSR count). The molecule has 3 aromatic rings. The zero-order chi connectivity index (χ0) is 20.3. The summed E-state index contributed by atoms with van der Waals surface area (Å²) in [5.74, 6) is -0.200. The largest absolute Gasteiger partial charge is 0.417 e. The average Bonchev–Trinajstić information content (AvgIpc) is 2.66. The Morgan fingerprint density at radius 2 is 1.68 bits per heavy atom. The summed E-state index contributed by atoms with van der Waals surface area (Å²) in [6, 6.07) is 14.2. The lowest BCUT2D eigenvalue weighted by Gasteiger charge is -2.14. The van der Waals surface area contributed by atoms with Crippen LogP contribution in [0.1, 0.15) is 16.7 Å². The molecule has 0 saturated carbocycles. The highest BCUT2D eigenvalue weighted by Crippen LogP contribution is 2.38. The van der Waals surface area contributed by atoms with E-state index in [1.54, 1.807) is 30.3 Å². The Labute approximate surface area is 167 Å². The summed E-state index contributed by atoms with van der Waals surface area (Å²) in [4.78, 5) is 4.24. The van der Waals surface area contributed by atoms with Gasteiger partial charge in [0.05, 0.1) is 16.8 Å². The molecule has 8 heteroatoms. The van der Waals surface area contributed by atoms with Crippen molar-refractivity contribution >= 4 is 23.4 Å². The highest BCUT2D eigenvalue weighted by Gasteiger charge is 2.36. The second-order valence-electron chi connectivity index (χ2n) is 5.77. The Morgan fingerprint density at radius 3 is 2.25 bits per heavy atom. The third-order valence-electron chi connectivity index (χ3n) is 3.83. The zero-order valence-electron chi connectivity index (χ0n) is 14.1. The lowest BCUT2D eigenvalue weighted by molar-refractivity contribution is -0.138. The molecule has 0 bridgehead atoms. The summed E-state index contributed by atoms with van der Waals surface area (Å²) in [6.45, 7) is 0. The Bertz CT molecular complexity index is 1030. The van der Waals surface area contributed by atoms with Crippen molar-refractivity contribution in [2.45, 2.75) is 17.0 Å². The van der Waals surface area contributed by atoms with Crippen LogP contribution >= 0.6 is 23.4 Å². The van der Waals surface area contributed by atoms with Crippen LogP contribution in [0.2, 0.25) is 5.02 Å². The van der Waals surface area contributed by atoms with Crippen LogP contribution in [0.4, 0.5) is 17.6 Å². The smallest absolute Gasteiger partial charge is 0.240 e. The van der Waals surface area contributed by atoms with Crippen molar-refractivity contribution in [3.05, 3.63) is 82.1 Å². The van der Waals surface area contributed by atoms with Gasteiger partial charge in [-0.3, -0.25) is 0 Å². The van der Waals surface area contributed by atoms with Gasteiger partial charge in [0.15, 0.2) is 0 Å². The number of aromatic nitrogens is 1. The summed E-state index contributed by atoms with van der Waals surface area (Å²) in [5.41, 5.74) is -0.434. The molecule has 0 fully saturated rings. The van der Waals surface area contributed by atoms with Gasteiger partial charge in [-0.25, -0.2) is 9.37 Å². The first-order chi connectivity index (χ1) is 13.3. The third kappa shape index (κ3) is 4.64. The molecule has 1 aromatic heterocycles. The highest BCUT2D eigenvalue weighted by atomic mass is 35.5. The summed E-state index contributed by atoms with van der Waals surface area (Å²) < 4.78 is 53.7. The molecule has 0 atom stereocenters. The molecule has 0 aliphatic carbocycles. The fourth-order valence-electron chi connectivity index (χ4n) is 2.46. The highest BCUT2D eigenvalue weighted by molar-refractivity contribution is 7.98. The molecule has 2 nitrogen and oxygen atoms in total. The minimum atomic E-state index is -4.72. The van der Waals surface area contributed by atoms with E-state index in [4.69, 9.17) is 11.6 Å². The fourth-order valence-corrected chi connectivity index (χ4v) is 3.54. The zero-order valence-corrected chi connectivity index (χ0v) is 15.7. The van der Waals surface area contributed by atoms with Crippen LogP contribution < -0.4 is 0 Å². The van der Waals surface area contributed by atoms with Gasteiger partial charge in [-0.05, 0) is 48.0 Å². The normalized spacial score (nSPS) is 11.3. The van der Waals surface area contributed by atoms with E-state index in [1.165, 1.54) is 12.1 Å². The van der Waals surface area contributed by atoms with Crippen LogP contribution in [0, 0.1) is 17.1 Å². The molecule has 0 aliphatic rings. The van der Waals surface area contributed by atoms with E-state index in [-0.39, 0.29) is 10.7 Å². The minimum Gasteiger partial charge on any atom is -0.240 e.